The summed E-state index contributed by atoms with van der Waals surface area (Å²) in [6.45, 7) is 4.22. The number of hydrogen-bond acceptors (Lipinski definition) is 5. The van der Waals surface area contributed by atoms with E-state index in [2.05, 4.69) is 36.2 Å². The molecule has 0 spiro atoms. The molecule has 0 bridgehead atoms. The van der Waals surface area contributed by atoms with Gasteiger partial charge in [0.2, 0.25) is 5.88 Å². The number of amides is 1. The lowest BCUT2D eigenvalue weighted by molar-refractivity contribution is 0.0930. The lowest BCUT2D eigenvalue weighted by atomic mass is 10.1. The Kier molecular flexibility index (Phi) is 6.87. The average molecular weight is 459 g/mol. The van der Waals surface area contributed by atoms with Crippen molar-refractivity contribution in [2.75, 3.05) is 6.61 Å². The van der Waals surface area contributed by atoms with Crippen LogP contribution in [0.3, 0.4) is 0 Å². The van der Waals surface area contributed by atoms with Crippen molar-refractivity contribution in [2.45, 2.75) is 26.3 Å². The summed E-state index contributed by atoms with van der Waals surface area (Å²) in [6, 6.07) is 7.66. The van der Waals surface area contributed by atoms with Crippen molar-refractivity contribution >= 4 is 21.8 Å². The molecule has 1 amide bonds. The third-order valence-corrected chi connectivity index (χ3v) is 4.72. The summed E-state index contributed by atoms with van der Waals surface area (Å²) >= 11 is 3.39. The summed E-state index contributed by atoms with van der Waals surface area (Å²) < 4.78 is 20.9. The van der Waals surface area contributed by atoms with E-state index in [1.807, 2.05) is 19.9 Å². The minimum absolute atomic E-state index is 0.0453. The number of rotatable bonds is 7. The first-order chi connectivity index (χ1) is 14.0. The Morgan fingerprint density at radius 1 is 1.24 bits per heavy atom. The number of nitrogens with zero attached hydrogens (tertiary/aromatic N) is 3. The second-order valence-corrected chi connectivity index (χ2v) is 7.12. The van der Waals surface area contributed by atoms with Crippen LogP contribution in [0.1, 0.15) is 42.4 Å². The van der Waals surface area contributed by atoms with Crippen molar-refractivity contribution in [3.8, 4) is 17.1 Å². The van der Waals surface area contributed by atoms with Gasteiger partial charge in [-0.3, -0.25) is 14.8 Å². The molecular formula is C21H20BrFN4O2. The Morgan fingerprint density at radius 2 is 2.07 bits per heavy atom. The molecule has 2 aromatic heterocycles. The first-order valence-electron chi connectivity index (χ1n) is 9.18. The van der Waals surface area contributed by atoms with Crippen LogP contribution in [-0.4, -0.2) is 27.5 Å². The molecule has 0 aliphatic heterocycles. The molecule has 3 rings (SSSR count). The minimum Gasteiger partial charge on any atom is -0.477 e. The fourth-order valence-corrected chi connectivity index (χ4v) is 3.15. The third-order valence-electron chi connectivity index (χ3n) is 4.23. The standard InChI is InChI=1S/C21H20BrFN4O2/c1-3-17(18-10-14(22)7-8-25-18)27-21(28)15-6-5-13(9-16(15)23)19-11-24-12-20(26-19)29-4-2/h5-12,17H,3-4H2,1-2H3,(H,27,28)/t17-/m0/s1. The molecule has 0 aliphatic carbocycles. The summed E-state index contributed by atoms with van der Waals surface area (Å²) in [5.41, 5.74) is 1.63. The largest absolute Gasteiger partial charge is 0.477 e. The highest BCUT2D eigenvalue weighted by Gasteiger charge is 2.19. The predicted octanol–water partition coefficient (Wildman–Crippen LogP) is 4.72. The highest BCUT2D eigenvalue weighted by atomic mass is 79.9. The smallest absolute Gasteiger partial charge is 0.254 e. The summed E-state index contributed by atoms with van der Waals surface area (Å²) in [6.07, 6.45) is 5.28. The van der Waals surface area contributed by atoms with E-state index in [9.17, 15) is 9.18 Å². The number of nitrogens with one attached hydrogen (secondary N) is 1. The van der Waals surface area contributed by atoms with Crippen LogP contribution in [0.2, 0.25) is 0 Å². The van der Waals surface area contributed by atoms with Crippen molar-refractivity contribution in [3.05, 3.63) is 70.5 Å². The first-order valence-corrected chi connectivity index (χ1v) is 9.98. The fraction of sp³-hybridized carbons (Fsp3) is 0.238. The van der Waals surface area contributed by atoms with Gasteiger partial charge in [-0.2, -0.15) is 0 Å². The van der Waals surface area contributed by atoms with E-state index in [0.717, 1.165) is 4.47 Å². The Hall–Kier alpha value is -2.87. The molecule has 1 N–H and O–H groups in total. The highest BCUT2D eigenvalue weighted by molar-refractivity contribution is 9.10. The number of aromatic nitrogens is 3. The van der Waals surface area contributed by atoms with Gasteiger partial charge in [-0.15, -0.1) is 0 Å². The van der Waals surface area contributed by atoms with Crippen LogP contribution in [0.4, 0.5) is 4.39 Å². The van der Waals surface area contributed by atoms with Crippen LogP contribution in [0.5, 0.6) is 5.88 Å². The van der Waals surface area contributed by atoms with Gasteiger partial charge in [0.25, 0.3) is 5.91 Å². The van der Waals surface area contributed by atoms with E-state index in [1.165, 1.54) is 24.5 Å². The van der Waals surface area contributed by atoms with Gasteiger partial charge in [0.15, 0.2) is 0 Å². The fourth-order valence-electron chi connectivity index (χ4n) is 2.80. The maximum atomic E-state index is 14.7. The van der Waals surface area contributed by atoms with E-state index in [4.69, 9.17) is 4.74 Å². The Balaban J connectivity index is 1.80. The first kappa shape index (κ1) is 20.9. The SMILES string of the molecule is CCOc1cncc(-c2ccc(C(=O)N[C@@H](CC)c3cc(Br)ccn3)c(F)c2)n1. The van der Waals surface area contributed by atoms with Gasteiger partial charge in [0.1, 0.15) is 5.82 Å². The lowest BCUT2D eigenvalue weighted by Crippen LogP contribution is -2.29. The molecule has 0 unspecified atom stereocenters. The van der Waals surface area contributed by atoms with E-state index in [1.54, 1.807) is 18.3 Å². The van der Waals surface area contributed by atoms with Crippen molar-refractivity contribution < 1.29 is 13.9 Å². The molecule has 1 atom stereocenters. The lowest BCUT2D eigenvalue weighted by Gasteiger charge is -2.17. The number of benzene rings is 1. The van der Waals surface area contributed by atoms with Crippen molar-refractivity contribution in [1.82, 2.24) is 20.3 Å². The van der Waals surface area contributed by atoms with Crippen molar-refractivity contribution in [3.63, 3.8) is 0 Å². The maximum Gasteiger partial charge on any atom is 0.254 e. The van der Waals surface area contributed by atoms with E-state index in [0.29, 0.717) is 35.9 Å². The molecule has 8 heteroatoms. The van der Waals surface area contributed by atoms with Crippen LogP contribution in [0.15, 0.2) is 53.4 Å². The second kappa shape index (κ2) is 9.56. The minimum atomic E-state index is -0.638. The average Bonchev–Trinajstić information content (AvgIpc) is 2.72. The third kappa shape index (κ3) is 5.14. The van der Waals surface area contributed by atoms with Gasteiger partial charge in [-0.25, -0.2) is 9.37 Å². The van der Waals surface area contributed by atoms with Gasteiger partial charge in [-0.1, -0.05) is 28.9 Å². The van der Waals surface area contributed by atoms with Crippen LogP contribution < -0.4 is 10.1 Å². The van der Waals surface area contributed by atoms with Gasteiger partial charge in [0.05, 0.1) is 42.0 Å². The molecule has 0 aliphatic rings. The van der Waals surface area contributed by atoms with Crippen molar-refractivity contribution in [1.29, 1.82) is 0 Å². The number of halogens is 2. The van der Waals surface area contributed by atoms with Gasteiger partial charge in [-0.05, 0) is 37.6 Å². The molecule has 0 saturated carbocycles. The quantitative estimate of drug-likeness (QED) is 0.554. The second-order valence-electron chi connectivity index (χ2n) is 6.20. The molecule has 2 heterocycles. The Labute approximate surface area is 176 Å². The van der Waals surface area contributed by atoms with Crippen LogP contribution >= 0.6 is 15.9 Å². The predicted molar refractivity (Wildman–Crippen MR) is 111 cm³/mol. The molecule has 0 saturated heterocycles. The van der Waals surface area contributed by atoms with Gasteiger partial charge >= 0.3 is 0 Å². The summed E-state index contributed by atoms with van der Waals surface area (Å²) in [4.78, 5) is 25.3. The maximum absolute atomic E-state index is 14.7. The zero-order valence-corrected chi connectivity index (χ0v) is 17.6. The summed E-state index contributed by atoms with van der Waals surface area (Å²) in [5, 5.41) is 2.84. The molecule has 3 aromatic rings. The summed E-state index contributed by atoms with van der Waals surface area (Å²) in [5.74, 6) is -0.781. The van der Waals surface area contributed by atoms with Gasteiger partial charge < -0.3 is 10.1 Å². The van der Waals surface area contributed by atoms with Crippen molar-refractivity contribution in [2.24, 2.45) is 0 Å². The van der Waals surface area contributed by atoms with E-state index >= 15 is 0 Å². The molecule has 6 nitrogen and oxygen atoms in total. The zero-order chi connectivity index (χ0) is 20.8. The molecule has 1 aromatic carbocycles. The molecule has 150 valence electrons. The number of pyridine rings is 1. The number of carbonyl (C=O) groups is 1. The highest BCUT2D eigenvalue weighted by Crippen LogP contribution is 2.23. The molecule has 29 heavy (non-hydrogen) atoms. The summed E-state index contributed by atoms with van der Waals surface area (Å²) in [7, 11) is 0. The van der Waals surface area contributed by atoms with Crippen LogP contribution in [-0.2, 0) is 0 Å². The molecule has 0 fully saturated rings. The molecule has 0 radical (unpaired) electrons. The van der Waals surface area contributed by atoms with Crippen LogP contribution in [0.25, 0.3) is 11.3 Å². The molecular weight excluding hydrogens is 439 g/mol. The Bertz CT molecular complexity index is 1020. The Morgan fingerprint density at radius 3 is 2.76 bits per heavy atom. The zero-order valence-electron chi connectivity index (χ0n) is 16.0. The number of hydrogen-bond donors (Lipinski definition) is 1. The monoisotopic (exact) mass is 458 g/mol. The van der Waals surface area contributed by atoms with E-state index in [-0.39, 0.29) is 11.6 Å². The van der Waals surface area contributed by atoms with Gasteiger partial charge in [0, 0.05) is 16.2 Å². The van der Waals surface area contributed by atoms with E-state index < -0.39 is 11.7 Å². The van der Waals surface area contributed by atoms with Crippen LogP contribution in [0, 0.1) is 5.82 Å². The number of ether oxygens (including phenoxy) is 1. The topological polar surface area (TPSA) is 77.0 Å². The number of carbonyl (C=O) groups excluding carboxylic acids is 1. The normalized spacial score (nSPS) is 11.7.